The molecule has 3 heteroatoms. The maximum atomic E-state index is 5.75. The van der Waals surface area contributed by atoms with E-state index in [1.54, 1.807) is 7.11 Å². The van der Waals surface area contributed by atoms with Crippen molar-refractivity contribution in [3.63, 3.8) is 0 Å². The van der Waals surface area contributed by atoms with Gasteiger partial charge >= 0.3 is 0 Å². The maximum Gasteiger partial charge on any atom is 0.0636 e. The molecule has 0 saturated heterocycles. The first-order valence-electron chi connectivity index (χ1n) is 3.95. The zero-order chi connectivity index (χ0) is 9.68. The molecule has 0 amide bonds. The van der Waals surface area contributed by atoms with Crippen LogP contribution in [0.3, 0.4) is 0 Å². The smallest absolute Gasteiger partial charge is 0.0636 e. The molecule has 0 radical (unpaired) electrons. The van der Waals surface area contributed by atoms with E-state index in [2.05, 4.69) is 5.48 Å². The number of allylic oxidation sites excluding steroid dienone is 1. The van der Waals surface area contributed by atoms with Crippen LogP contribution in [-0.2, 0) is 4.84 Å². The van der Waals surface area contributed by atoms with Gasteiger partial charge in [0.2, 0.25) is 0 Å². The van der Waals surface area contributed by atoms with Gasteiger partial charge in [0, 0.05) is 10.7 Å². The average molecular weight is 198 g/mol. The fraction of sp³-hybridized carbons (Fsp3) is 0.200. The second kappa shape index (κ2) is 4.90. The number of hydrogen-bond donors (Lipinski definition) is 1. The third kappa shape index (κ3) is 3.49. The molecule has 0 spiro atoms. The highest BCUT2D eigenvalue weighted by Crippen LogP contribution is 2.11. The Labute approximate surface area is 83.1 Å². The van der Waals surface area contributed by atoms with Crippen LogP contribution in [-0.4, -0.2) is 7.11 Å². The van der Waals surface area contributed by atoms with Gasteiger partial charge in [-0.3, -0.25) is 10.3 Å². The molecule has 0 unspecified atom stereocenters. The van der Waals surface area contributed by atoms with Crippen molar-refractivity contribution in [1.82, 2.24) is 5.48 Å². The topological polar surface area (TPSA) is 21.3 Å². The monoisotopic (exact) mass is 197 g/mol. The first kappa shape index (κ1) is 10.1. The zero-order valence-corrected chi connectivity index (χ0v) is 8.43. The van der Waals surface area contributed by atoms with Gasteiger partial charge in [0.15, 0.2) is 0 Å². The van der Waals surface area contributed by atoms with Crippen LogP contribution in [0.5, 0.6) is 0 Å². The van der Waals surface area contributed by atoms with Gasteiger partial charge in [-0.2, -0.15) is 0 Å². The lowest BCUT2D eigenvalue weighted by Crippen LogP contribution is -2.07. The molecule has 2 nitrogen and oxygen atoms in total. The minimum Gasteiger partial charge on any atom is -0.280 e. The van der Waals surface area contributed by atoms with Crippen molar-refractivity contribution in [2.24, 2.45) is 0 Å². The van der Waals surface area contributed by atoms with E-state index >= 15 is 0 Å². The quantitative estimate of drug-likeness (QED) is 0.753. The van der Waals surface area contributed by atoms with Crippen LogP contribution >= 0.6 is 11.6 Å². The van der Waals surface area contributed by atoms with Crippen LogP contribution in [0.2, 0.25) is 5.02 Å². The van der Waals surface area contributed by atoms with Crippen molar-refractivity contribution in [2.75, 3.05) is 7.11 Å². The zero-order valence-electron chi connectivity index (χ0n) is 7.67. The molecule has 1 N–H and O–H groups in total. The van der Waals surface area contributed by atoms with Crippen molar-refractivity contribution < 1.29 is 4.84 Å². The van der Waals surface area contributed by atoms with Gasteiger partial charge in [-0.1, -0.05) is 23.7 Å². The lowest BCUT2D eigenvalue weighted by Gasteiger charge is -2.02. The number of nitrogens with one attached hydrogen (secondary N) is 1. The summed E-state index contributed by atoms with van der Waals surface area (Å²) in [5.41, 5.74) is 4.77. The third-order valence-corrected chi connectivity index (χ3v) is 1.77. The Morgan fingerprint density at radius 3 is 2.54 bits per heavy atom. The molecule has 0 atom stereocenters. The fourth-order valence-electron chi connectivity index (χ4n) is 0.999. The van der Waals surface area contributed by atoms with Crippen LogP contribution in [0.25, 0.3) is 6.08 Å². The van der Waals surface area contributed by atoms with E-state index in [-0.39, 0.29) is 0 Å². The highest BCUT2D eigenvalue weighted by molar-refractivity contribution is 6.30. The molecule has 1 rings (SSSR count). The van der Waals surface area contributed by atoms with Crippen LogP contribution < -0.4 is 5.48 Å². The first-order valence-corrected chi connectivity index (χ1v) is 4.33. The van der Waals surface area contributed by atoms with Gasteiger partial charge in [-0.25, -0.2) is 0 Å². The molecule has 1 aromatic rings. The molecular formula is C10H12ClNO. The highest BCUT2D eigenvalue weighted by atomic mass is 35.5. The van der Waals surface area contributed by atoms with Gasteiger partial charge < -0.3 is 0 Å². The predicted octanol–water partition coefficient (Wildman–Crippen LogP) is 2.85. The van der Waals surface area contributed by atoms with Crippen LogP contribution in [0.15, 0.2) is 30.0 Å². The predicted molar refractivity (Wildman–Crippen MR) is 55.2 cm³/mol. The summed E-state index contributed by atoms with van der Waals surface area (Å²) >= 11 is 5.75. The molecule has 1 aromatic carbocycles. The molecule has 0 aromatic heterocycles. The molecule has 0 fully saturated rings. The molecule has 0 heterocycles. The van der Waals surface area contributed by atoms with E-state index in [1.165, 1.54) is 0 Å². The minimum atomic E-state index is 0.745. The van der Waals surface area contributed by atoms with E-state index in [4.69, 9.17) is 16.4 Å². The molecule has 13 heavy (non-hydrogen) atoms. The molecule has 0 saturated carbocycles. The summed E-state index contributed by atoms with van der Waals surface area (Å²) in [6.07, 6.45) is 1.97. The van der Waals surface area contributed by atoms with Gasteiger partial charge in [0.05, 0.1) is 7.11 Å². The van der Waals surface area contributed by atoms with Crippen LogP contribution in [0.4, 0.5) is 0 Å². The van der Waals surface area contributed by atoms with E-state index in [1.807, 2.05) is 37.3 Å². The minimum absolute atomic E-state index is 0.745. The van der Waals surface area contributed by atoms with Crippen molar-refractivity contribution in [3.05, 3.63) is 40.5 Å². The van der Waals surface area contributed by atoms with E-state index < -0.39 is 0 Å². The number of benzene rings is 1. The van der Waals surface area contributed by atoms with E-state index in [9.17, 15) is 0 Å². The summed E-state index contributed by atoms with van der Waals surface area (Å²) in [7, 11) is 1.58. The molecule has 0 aliphatic carbocycles. The second-order valence-electron chi connectivity index (χ2n) is 2.69. The Kier molecular flexibility index (Phi) is 3.80. The van der Waals surface area contributed by atoms with Crippen molar-refractivity contribution in [3.8, 4) is 0 Å². The number of hydrogen-bond acceptors (Lipinski definition) is 2. The summed E-state index contributed by atoms with van der Waals surface area (Å²) in [5.74, 6) is 0. The number of halogens is 1. The van der Waals surface area contributed by atoms with Gasteiger partial charge in [0.1, 0.15) is 0 Å². The molecule has 70 valence electrons. The van der Waals surface area contributed by atoms with Gasteiger partial charge in [-0.05, 0) is 30.7 Å². The van der Waals surface area contributed by atoms with Crippen LogP contribution in [0, 0.1) is 0 Å². The summed E-state index contributed by atoms with van der Waals surface area (Å²) < 4.78 is 0. The summed E-state index contributed by atoms with van der Waals surface area (Å²) in [6, 6.07) is 7.60. The lowest BCUT2D eigenvalue weighted by molar-refractivity contribution is 0.119. The van der Waals surface area contributed by atoms with Crippen molar-refractivity contribution in [1.29, 1.82) is 0 Å². The largest absolute Gasteiger partial charge is 0.280 e. The Hall–Kier alpha value is -0.990. The fourth-order valence-corrected chi connectivity index (χ4v) is 1.13. The van der Waals surface area contributed by atoms with Crippen molar-refractivity contribution >= 4 is 17.7 Å². The Morgan fingerprint density at radius 1 is 1.38 bits per heavy atom. The second-order valence-corrected chi connectivity index (χ2v) is 3.12. The third-order valence-electron chi connectivity index (χ3n) is 1.52. The summed E-state index contributed by atoms with van der Waals surface area (Å²) in [5, 5.41) is 0.745. The molecule has 0 aliphatic rings. The lowest BCUT2D eigenvalue weighted by atomic mass is 10.2. The highest BCUT2D eigenvalue weighted by Gasteiger charge is 1.90. The van der Waals surface area contributed by atoms with Gasteiger partial charge in [0.25, 0.3) is 0 Å². The van der Waals surface area contributed by atoms with Gasteiger partial charge in [-0.15, -0.1) is 0 Å². The normalized spacial score (nSPS) is 11.5. The van der Waals surface area contributed by atoms with E-state index in [0.717, 1.165) is 16.3 Å². The summed E-state index contributed by atoms with van der Waals surface area (Å²) in [6.45, 7) is 1.93. The molecule has 0 bridgehead atoms. The standard InChI is InChI=1S/C10H12ClNO/c1-8(12-13-2)7-9-3-5-10(11)6-4-9/h3-7,12H,1-2H3. The maximum absolute atomic E-state index is 5.75. The Morgan fingerprint density at radius 2 is 2.00 bits per heavy atom. The average Bonchev–Trinajstić information content (AvgIpc) is 2.09. The van der Waals surface area contributed by atoms with E-state index in [0.29, 0.717) is 0 Å². The Balaban J connectivity index is 2.73. The Bertz CT molecular complexity index is 292. The molecular weight excluding hydrogens is 186 g/mol. The first-order chi connectivity index (χ1) is 6.22. The number of hydroxylamine groups is 1. The molecule has 0 aliphatic heterocycles. The SMILES string of the molecule is CONC(C)=Cc1ccc(Cl)cc1. The summed E-state index contributed by atoms with van der Waals surface area (Å²) in [4.78, 5) is 4.76. The number of rotatable bonds is 3. The van der Waals surface area contributed by atoms with Crippen LogP contribution in [0.1, 0.15) is 12.5 Å². The van der Waals surface area contributed by atoms with Crippen molar-refractivity contribution in [2.45, 2.75) is 6.92 Å².